The van der Waals surface area contributed by atoms with E-state index in [1.165, 1.54) is 0 Å². The molecule has 0 aromatic rings. The lowest BCUT2D eigenvalue weighted by molar-refractivity contribution is -0.0409. The van der Waals surface area contributed by atoms with Gasteiger partial charge < -0.3 is 14.6 Å². The average Bonchev–Trinajstić information content (AvgIpc) is 2.91. The summed E-state index contributed by atoms with van der Waals surface area (Å²) in [4.78, 5) is 2.41. The Kier molecular flexibility index (Phi) is 7.29. The lowest BCUT2D eigenvalue weighted by atomic mass is 9.92. The maximum absolute atomic E-state index is 11.1. The Labute approximate surface area is 133 Å². The van der Waals surface area contributed by atoms with E-state index in [0.29, 0.717) is 18.5 Å². The van der Waals surface area contributed by atoms with Crippen LogP contribution in [0.2, 0.25) is 0 Å². The summed E-state index contributed by atoms with van der Waals surface area (Å²) in [5.74, 6) is 0.994. The summed E-state index contributed by atoms with van der Waals surface area (Å²) in [7, 11) is 0. The van der Waals surface area contributed by atoms with Crippen LogP contribution in [0.4, 0.5) is 0 Å². The van der Waals surface area contributed by atoms with Gasteiger partial charge in [-0.15, -0.1) is 0 Å². The van der Waals surface area contributed by atoms with Gasteiger partial charge in [-0.1, -0.05) is 26.7 Å². The SMILES string of the molecule is CC(C)SC[C@H](N1CCOCCOCC1)C1(O)CCCC1. The number of thioether (sulfide) groups is 1. The van der Waals surface area contributed by atoms with Gasteiger partial charge in [-0.25, -0.2) is 0 Å². The third-order valence-electron chi connectivity index (χ3n) is 4.54. The first-order valence-corrected chi connectivity index (χ1v) is 9.40. The molecule has 1 aliphatic heterocycles. The molecule has 2 fully saturated rings. The van der Waals surface area contributed by atoms with Crippen molar-refractivity contribution in [2.24, 2.45) is 0 Å². The van der Waals surface area contributed by atoms with E-state index in [4.69, 9.17) is 9.47 Å². The van der Waals surface area contributed by atoms with Crippen molar-refractivity contribution in [3.05, 3.63) is 0 Å². The van der Waals surface area contributed by atoms with Gasteiger partial charge >= 0.3 is 0 Å². The molecule has 0 amide bonds. The van der Waals surface area contributed by atoms with Crippen molar-refractivity contribution in [3.63, 3.8) is 0 Å². The predicted octanol–water partition coefficient (Wildman–Crippen LogP) is 2.15. The number of hydrogen-bond acceptors (Lipinski definition) is 5. The van der Waals surface area contributed by atoms with Crippen molar-refractivity contribution in [2.75, 3.05) is 45.3 Å². The van der Waals surface area contributed by atoms with Gasteiger partial charge in [0.15, 0.2) is 0 Å². The van der Waals surface area contributed by atoms with Gasteiger partial charge in [0.05, 0.1) is 32.0 Å². The van der Waals surface area contributed by atoms with E-state index >= 15 is 0 Å². The van der Waals surface area contributed by atoms with E-state index in [1.807, 2.05) is 11.8 Å². The molecule has 0 spiro atoms. The lowest BCUT2D eigenvalue weighted by Gasteiger charge is -2.41. The topological polar surface area (TPSA) is 41.9 Å². The smallest absolute Gasteiger partial charge is 0.0810 e. The molecule has 1 atom stereocenters. The van der Waals surface area contributed by atoms with Crippen LogP contribution in [-0.4, -0.2) is 72.2 Å². The van der Waals surface area contributed by atoms with Gasteiger partial charge in [0.2, 0.25) is 0 Å². The largest absolute Gasteiger partial charge is 0.388 e. The average molecular weight is 317 g/mol. The normalized spacial score (nSPS) is 26.3. The molecule has 5 heteroatoms. The van der Waals surface area contributed by atoms with Crippen LogP contribution < -0.4 is 0 Å². The number of aliphatic hydroxyl groups is 1. The molecule has 4 nitrogen and oxygen atoms in total. The zero-order valence-corrected chi connectivity index (χ0v) is 14.4. The van der Waals surface area contributed by atoms with E-state index in [0.717, 1.165) is 57.7 Å². The molecule has 1 aliphatic carbocycles. The number of hydrogen-bond donors (Lipinski definition) is 1. The molecule has 0 aromatic heterocycles. The van der Waals surface area contributed by atoms with E-state index in [1.54, 1.807) is 0 Å². The first-order chi connectivity index (χ1) is 10.1. The van der Waals surface area contributed by atoms with Crippen LogP contribution in [0.1, 0.15) is 39.5 Å². The van der Waals surface area contributed by atoms with Crippen molar-refractivity contribution in [2.45, 2.75) is 56.4 Å². The molecule has 1 heterocycles. The molecule has 1 N–H and O–H groups in total. The summed E-state index contributed by atoms with van der Waals surface area (Å²) >= 11 is 1.95. The maximum Gasteiger partial charge on any atom is 0.0810 e. The monoisotopic (exact) mass is 317 g/mol. The Balaban J connectivity index is 2.03. The van der Waals surface area contributed by atoms with E-state index < -0.39 is 5.60 Å². The Morgan fingerprint density at radius 2 is 1.62 bits per heavy atom. The summed E-state index contributed by atoms with van der Waals surface area (Å²) < 4.78 is 11.2. The fraction of sp³-hybridized carbons (Fsp3) is 1.00. The van der Waals surface area contributed by atoms with Gasteiger partial charge in [0.1, 0.15) is 0 Å². The molecule has 0 unspecified atom stereocenters. The minimum atomic E-state index is -0.518. The molecule has 0 radical (unpaired) electrons. The number of ether oxygens (including phenoxy) is 2. The van der Waals surface area contributed by atoms with Crippen LogP contribution >= 0.6 is 11.8 Å². The second kappa shape index (κ2) is 8.73. The van der Waals surface area contributed by atoms with Crippen LogP contribution in [0, 0.1) is 0 Å². The summed E-state index contributed by atoms with van der Waals surface area (Å²) in [6.45, 7) is 9.10. The molecule has 2 aliphatic rings. The molecule has 124 valence electrons. The van der Waals surface area contributed by atoms with Gasteiger partial charge in [-0.3, -0.25) is 4.90 Å². The Morgan fingerprint density at radius 1 is 1.05 bits per heavy atom. The summed E-state index contributed by atoms with van der Waals surface area (Å²) in [6, 6.07) is 0.220. The zero-order chi connectivity index (χ0) is 15.1. The molecule has 0 aromatic carbocycles. The highest BCUT2D eigenvalue weighted by Gasteiger charge is 2.42. The van der Waals surface area contributed by atoms with E-state index in [9.17, 15) is 5.11 Å². The Morgan fingerprint density at radius 3 is 2.14 bits per heavy atom. The maximum atomic E-state index is 11.1. The standard InChI is InChI=1S/C16H31NO3S/c1-14(2)21-13-15(16(18)5-3-4-6-16)17-7-9-19-11-12-20-10-8-17/h14-15,18H,3-13H2,1-2H3/t15-/m0/s1. The van der Waals surface area contributed by atoms with Crippen molar-refractivity contribution >= 4 is 11.8 Å². The third kappa shape index (κ3) is 5.39. The summed E-state index contributed by atoms with van der Waals surface area (Å²) in [6.07, 6.45) is 4.18. The third-order valence-corrected chi connectivity index (χ3v) is 5.71. The first-order valence-electron chi connectivity index (χ1n) is 8.35. The van der Waals surface area contributed by atoms with Crippen molar-refractivity contribution in [1.29, 1.82) is 0 Å². The Hall–Kier alpha value is 0.190. The van der Waals surface area contributed by atoms with Gasteiger partial charge in [0, 0.05) is 24.9 Å². The second-order valence-electron chi connectivity index (χ2n) is 6.47. The van der Waals surface area contributed by atoms with Crippen molar-refractivity contribution in [1.82, 2.24) is 4.90 Å². The number of rotatable bonds is 5. The number of nitrogens with zero attached hydrogens (tertiary/aromatic N) is 1. The van der Waals surface area contributed by atoms with Crippen molar-refractivity contribution < 1.29 is 14.6 Å². The first kappa shape index (κ1) is 17.5. The van der Waals surface area contributed by atoms with Crippen molar-refractivity contribution in [3.8, 4) is 0 Å². The van der Waals surface area contributed by atoms with E-state index in [-0.39, 0.29) is 6.04 Å². The molecule has 1 saturated heterocycles. The fourth-order valence-corrected chi connectivity index (χ4v) is 4.40. The Bertz CT molecular complexity index is 285. The summed E-state index contributed by atoms with van der Waals surface area (Å²) in [5, 5.41) is 11.7. The van der Waals surface area contributed by atoms with E-state index in [2.05, 4.69) is 18.7 Å². The quantitative estimate of drug-likeness (QED) is 0.841. The molecule has 0 bridgehead atoms. The fourth-order valence-electron chi connectivity index (χ4n) is 3.31. The van der Waals surface area contributed by atoms with Crippen LogP contribution in [0.3, 0.4) is 0 Å². The predicted molar refractivity (Wildman–Crippen MR) is 88.0 cm³/mol. The van der Waals surface area contributed by atoms with Gasteiger partial charge in [0.25, 0.3) is 0 Å². The van der Waals surface area contributed by atoms with Gasteiger partial charge in [-0.05, 0) is 18.1 Å². The van der Waals surface area contributed by atoms with Crippen LogP contribution in [0.5, 0.6) is 0 Å². The zero-order valence-electron chi connectivity index (χ0n) is 13.6. The molecular weight excluding hydrogens is 286 g/mol. The molecule has 21 heavy (non-hydrogen) atoms. The van der Waals surface area contributed by atoms with Crippen LogP contribution in [0.15, 0.2) is 0 Å². The molecule has 1 saturated carbocycles. The van der Waals surface area contributed by atoms with Gasteiger partial charge in [-0.2, -0.15) is 11.8 Å². The highest BCUT2D eigenvalue weighted by molar-refractivity contribution is 7.99. The highest BCUT2D eigenvalue weighted by Crippen LogP contribution is 2.36. The highest BCUT2D eigenvalue weighted by atomic mass is 32.2. The second-order valence-corrected chi connectivity index (χ2v) is 8.08. The lowest BCUT2D eigenvalue weighted by Crippen LogP contribution is -2.54. The minimum absolute atomic E-state index is 0.220. The molecule has 2 rings (SSSR count). The van der Waals surface area contributed by atoms with Crippen LogP contribution in [-0.2, 0) is 9.47 Å². The minimum Gasteiger partial charge on any atom is -0.388 e. The summed E-state index contributed by atoms with van der Waals surface area (Å²) in [5.41, 5.74) is -0.518. The molecular formula is C16H31NO3S. The van der Waals surface area contributed by atoms with Crippen LogP contribution in [0.25, 0.3) is 0 Å².